The van der Waals surface area contributed by atoms with E-state index in [0.29, 0.717) is 44.4 Å². The Morgan fingerprint density at radius 2 is 1.91 bits per heavy atom. The van der Waals surface area contributed by atoms with Crippen molar-refractivity contribution in [1.82, 2.24) is 0 Å². The molecular formula is C25H19BrClN3O5. The van der Waals surface area contributed by atoms with Gasteiger partial charge in [-0.05, 0) is 48.4 Å². The minimum atomic E-state index is -0.614. The Morgan fingerprint density at radius 3 is 2.60 bits per heavy atom. The maximum absolute atomic E-state index is 12.6. The molecule has 0 spiro atoms. The van der Waals surface area contributed by atoms with Gasteiger partial charge in [-0.1, -0.05) is 51.8 Å². The first-order valence-corrected chi connectivity index (χ1v) is 11.5. The lowest BCUT2D eigenvalue weighted by molar-refractivity contribution is -0.384. The summed E-state index contributed by atoms with van der Waals surface area (Å²) in [5.74, 6) is 0.161. The van der Waals surface area contributed by atoms with E-state index in [1.165, 1.54) is 18.2 Å². The summed E-state index contributed by atoms with van der Waals surface area (Å²) in [6.45, 7) is 2.22. The summed E-state index contributed by atoms with van der Waals surface area (Å²) >= 11 is 9.53. The molecule has 0 heterocycles. The van der Waals surface area contributed by atoms with Crippen molar-refractivity contribution in [3.8, 4) is 17.6 Å². The predicted octanol–water partition coefficient (Wildman–Crippen LogP) is 6.53. The lowest BCUT2D eigenvalue weighted by atomic mass is 10.1. The summed E-state index contributed by atoms with van der Waals surface area (Å²) in [7, 11) is 0. The number of nitrogens with one attached hydrogen (secondary N) is 1. The number of nitro groups is 1. The summed E-state index contributed by atoms with van der Waals surface area (Å²) in [6.07, 6.45) is 1.42. The number of ether oxygens (including phenoxy) is 2. The third-order valence-electron chi connectivity index (χ3n) is 4.67. The predicted molar refractivity (Wildman–Crippen MR) is 136 cm³/mol. The average Bonchev–Trinajstić information content (AvgIpc) is 2.84. The van der Waals surface area contributed by atoms with E-state index >= 15 is 0 Å². The molecule has 10 heteroatoms. The van der Waals surface area contributed by atoms with Crippen LogP contribution in [-0.2, 0) is 11.4 Å². The zero-order valence-electron chi connectivity index (χ0n) is 18.5. The van der Waals surface area contributed by atoms with E-state index in [4.69, 9.17) is 21.1 Å². The van der Waals surface area contributed by atoms with Crippen molar-refractivity contribution in [2.45, 2.75) is 13.5 Å². The molecule has 3 rings (SSSR count). The minimum absolute atomic E-state index is 0.0307. The van der Waals surface area contributed by atoms with E-state index < -0.39 is 10.8 Å². The van der Waals surface area contributed by atoms with Crippen LogP contribution >= 0.6 is 27.5 Å². The molecule has 35 heavy (non-hydrogen) atoms. The normalized spacial score (nSPS) is 10.9. The number of hydrogen-bond donors (Lipinski definition) is 1. The zero-order chi connectivity index (χ0) is 25.4. The van der Waals surface area contributed by atoms with Gasteiger partial charge in [0.05, 0.1) is 22.2 Å². The highest BCUT2D eigenvalue weighted by Crippen LogP contribution is 2.35. The number of para-hydroxylation sites is 1. The topological polar surface area (TPSA) is 114 Å². The molecule has 3 aromatic rings. The van der Waals surface area contributed by atoms with Gasteiger partial charge in [-0.2, -0.15) is 5.26 Å². The summed E-state index contributed by atoms with van der Waals surface area (Å²) < 4.78 is 12.1. The van der Waals surface area contributed by atoms with Gasteiger partial charge in [0.1, 0.15) is 18.2 Å². The molecule has 0 saturated heterocycles. The highest BCUT2D eigenvalue weighted by atomic mass is 79.9. The number of anilines is 1. The Balaban J connectivity index is 1.86. The monoisotopic (exact) mass is 555 g/mol. The molecular weight excluding hydrogens is 538 g/mol. The third kappa shape index (κ3) is 6.82. The average molecular weight is 557 g/mol. The summed E-state index contributed by atoms with van der Waals surface area (Å²) in [4.78, 5) is 23.2. The van der Waals surface area contributed by atoms with E-state index in [1.807, 2.05) is 6.07 Å². The number of hydrogen-bond acceptors (Lipinski definition) is 6. The van der Waals surface area contributed by atoms with Gasteiger partial charge >= 0.3 is 0 Å². The Hall–Kier alpha value is -3.87. The maximum Gasteiger partial charge on any atom is 0.269 e. The molecule has 0 aliphatic carbocycles. The number of carbonyl (C=O) groups is 1. The van der Waals surface area contributed by atoms with Gasteiger partial charge in [-0.25, -0.2) is 0 Å². The van der Waals surface area contributed by atoms with E-state index in [1.54, 1.807) is 55.5 Å². The second kappa shape index (κ2) is 12.0. The summed E-state index contributed by atoms with van der Waals surface area (Å²) in [5.41, 5.74) is 1.35. The molecule has 0 aliphatic heterocycles. The van der Waals surface area contributed by atoms with Gasteiger partial charge in [0, 0.05) is 16.6 Å². The van der Waals surface area contributed by atoms with Crippen LogP contribution in [0.25, 0.3) is 6.08 Å². The molecule has 0 aromatic heterocycles. The van der Waals surface area contributed by atoms with E-state index in [0.717, 1.165) is 0 Å². The van der Waals surface area contributed by atoms with Crippen molar-refractivity contribution in [1.29, 1.82) is 5.26 Å². The Morgan fingerprint density at radius 1 is 1.17 bits per heavy atom. The number of amides is 1. The molecule has 0 aliphatic rings. The first-order chi connectivity index (χ1) is 16.8. The van der Waals surface area contributed by atoms with Gasteiger partial charge in [0.2, 0.25) is 0 Å². The Labute approximate surface area is 215 Å². The first-order valence-electron chi connectivity index (χ1n) is 10.3. The number of halogens is 2. The highest BCUT2D eigenvalue weighted by Gasteiger charge is 2.15. The number of benzene rings is 3. The van der Waals surface area contributed by atoms with Crippen molar-refractivity contribution >= 4 is 50.9 Å². The van der Waals surface area contributed by atoms with Crippen molar-refractivity contribution in [3.05, 3.63) is 97.0 Å². The second-order valence-corrected chi connectivity index (χ2v) is 8.33. The standard InChI is InChI=1S/C25H19BrClN3O5/c1-2-34-23-12-17(11-18(14-28)25(31)29-22-9-4-3-8-21(22)27)20(26)13-24(23)35-15-16-6-5-7-19(10-16)30(32)33/h3-13H,2,15H2,1H3,(H,29,31)/b18-11+. The van der Waals surface area contributed by atoms with Gasteiger partial charge in [0.25, 0.3) is 11.6 Å². The number of nitro benzene ring substituents is 1. The van der Waals surface area contributed by atoms with Crippen molar-refractivity contribution in [2.75, 3.05) is 11.9 Å². The van der Waals surface area contributed by atoms with E-state index in [9.17, 15) is 20.2 Å². The van der Waals surface area contributed by atoms with Gasteiger partial charge in [-0.3, -0.25) is 14.9 Å². The number of rotatable bonds is 9. The molecule has 3 aromatic carbocycles. The molecule has 0 unspecified atom stereocenters. The van der Waals surface area contributed by atoms with Crippen LogP contribution in [0.15, 0.2) is 70.7 Å². The van der Waals surface area contributed by atoms with Gasteiger partial charge < -0.3 is 14.8 Å². The van der Waals surface area contributed by atoms with E-state index in [-0.39, 0.29) is 17.9 Å². The molecule has 0 bridgehead atoms. The second-order valence-electron chi connectivity index (χ2n) is 7.07. The van der Waals surface area contributed by atoms with Crippen LogP contribution in [0.4, 0.5) is 11.4 Å². The molecule has 0 saturated carbocycles. The fourth-order valence-corrected chi connectivity index (χ4v) is 3.64. The molecule has 178 valence electrons. The Kier molecular flexibility index (Phi) is 8.84. The summed E-state index contributed by atoms with van der Waals surface area (Å²) in [6, 6.07) is 18.0. The zero-order valence-corrected chi connectivity index (χ0v) is 20.8. The smallest absolute Gasteiger partial charge is 0.269 e. The molecule has 0 atom stereocenters. The summed E-state index contributed by atoms with van der Waals surface area (Å²) in [5, 5.41) is 23.5. The fraction of sp³-hybridized carbons (Fsp3) is 0.120. The van der Waals surface area contributed by atoms with Crippen LogP contribution < -0.4 is 14.8 Å². The highest BCUT2D eigenvalue weighted by molar-refractivity contribution is 9.10. The van der Waals surface area contributed by atoms with Crippen LogP contribution in [-0.4, -0.2) is 17.4 Å². The lowest BCUT2D eigenvalue weighted by Gasteiger charge is -2.14. The number of carbonyl (C=O) groups excluding carboxylic acids is 1. The molecule has 0 radical (unpaired) electrons. The van der Waals surface area contributed by atoms with Crippen LogP contribution in [0.5, 0.6) is 11.5 Å². The van der Waals surface area contributed by atoms with Crippen LogP contribution in [0.1, 0.15) is 18.1 Å². The van der Waals surface area contributed by atoms with Gasteiger partial charge in [0.15, 0.2) is 11.5 Å². The SMILES string of the molecule is CCOc1cc(/C=C(\C#N)C(=O)Nc2ccccc2Cl)c(Br)cc1OCc1cccc([N+](=O)[O-])c1. The quantitative estimate of drug-likeness (QED) is 0.139. The van der Waals surface area contributed by atoms with Crippen LogP contribution in [0.3, 0.4) is 0 Å². The number of nitriles is 1. The first kappa shape index (κ1) is 25.7. The molecule has 8 nitrogen and oxygen atoms in total. The van der Waals surface area contributed by atoms with Crippen molar-refractivity contribution < 1.29 is 19.2 Å². The van der Waals surface area contributed by atoms with Crippen LogP contribution in [0, 0.1) is 21.4 Å². The van der Waals surface area contributed by atoms with Gasteiger partial charge in [-0.15, -0.1) is 0 Å². The Bertz CT molecular complexity index is 1340. The molecule has 1 amide bonds. The van der Waals surface area contributed by atoms with Crippen LogP contribution in [0.2, 0.25) is 5.02 Å². The maximum atomic E-state index is 12.6. The molecule has 1 N–H and O–H groups in total. The third-order valence-corrected chi connectivity index (χ3v) is 5.68. The van der Waals surface area contributed by atoms with Crippen molar-refractivity contribution in [3.63, 3.8) is 0 Å². The fourth-order valence-electron chi connectivity index (χ4n) is 3.02. The number of nitrogens with zero attached hydrogens (tertiary/aromatic N) is 2. The lowest BCUT2D eigenvalue weighted by Crippen LogP contribution is -2.13. The van der Waals surface area contributed by atoms with E-state index in [2.05, 4.69) is 21.2 Å². The van der Waals surface area contributed by atoms with Crippen molar-refractivity contribution in [2.24, 2.45) is 0 Å². The molecule has 0 fully saturated rings. The largest absolute Gasteiger partial charge is 0.490 e. The minimum Gasteiger partial charge on any atom is -0.490 e. The number of non-ortho nitro benzene ring substituents is 1.